The van der Waals surface area contributed by atoms with Crippen molar-refractivity contribution < 1.29 is 4.79 Å². The Balaban J connectivity index is 1.92. The van der Waals surface area contributed by atoms with Crippen LogP contribution in [0.15, 0.2) is 39.5 Å². The van der Waals surface area contributed by atoms with Crippen molar-refractivity contribution in [3.8, 4) is 0 Å². The van der Waals surface area contributed by atoms with Crippen molar-refractivity contribution in [1.29, 1.82) is 0 Å². The molecule has 0 spiro atoms. The first-order valence-electron chi connectivity index (χ1n) is 5.49. The Morgan fingerprint density at radius 1 is 1.28 bits per heavy atom. The Morgan fingerprint density at radius 2 is 1.94 bits per heavy atom. The number of thiophene rings is 1. The zero-order valence-electron chi connectivity index (χ0n) is 9.65. The van der Waals surface area contributed by atoms with Gasteiger partial charge in [-0.2, -0.15) is 0 Å². The number of hydrogen-bond acceptors (Lipinski definition) is 3. The maximum absolute atomic E-state index is 11.8. The molecule has 0 saturated carbocycles. The molecular formula is C13H13BrN2OS. The summed E-state index contributed by atoms with van der Waals surface area (Å²) in [5.41, 5.74) is 8.37. The highest BCUT2D eigenvalue weighted by atomic mass is 79.9. The van der Waals surface area contributed by atoms with Crippen LogP contribution in [-0.4, -0.2) is 5.91 Å². The molecule has 1 heterocycles. The normalized spacial score (nSPS) is 10.3. The van der Waals surface area contributed by atoms with Crippen LogP contribution in [0.3, 0.4) is 0 Å². The predicted molar refractivity (Wildman–Crippen MR) is 77.5 cm³/mol. The van der Waals surface area contributed by atoms with Crippen LogP contribution in [0, 0.1) is 0 Å². The van der Waals surface area contributed by atoms with Crippen molar-refractivity contribution in [1.82, 2.24) is 5.32 Å². The van der Waals surface area contributed by atoms with E-state index in [9.17, 15) is 4.79 Å². The number of nitrogens with two attached hydrogens (primary N) is 1. The maximum atomic E-state index is 11.8. The molecule has 18 heavy (non-hydrogen) atoms. The van der Waals surface area contributed by atoms with Gasteiger partial charge >= 0.3 is 0 Å². The van der Waals surface area contributed by atoms with Crippen molar-refractivity contribution in [2.45, 2.75) is 13.1 Å². The first-order valence-corrected chi connectivity index (χ1v) is 7.16. The van der Waals surface area contributed by atoms with Gasteiger partial charge < -0.3 is 11.1 Å². The van der Waals surface area contributed by atoms with Crippen LogP contribution in [0.25, 0.3) is 0 Å². The van der Waals surface area contributed by atoms with E-state index in [4.69, 9.17) is 5.73 Å². The van der Waals surface area contributed by atoms with Crippen LogP contribution in [0.1, 0.15) is 21.5 Å². The number of halogens is 1. The fraction of sp³-hybridized carbons (Fsp3) is 0.154. The van der Waals surface area contributed by atoms with E-state index < -0.39 is 0 Å². The van der Waals surface area contributed by atoms with Gasteiger partial charge in [0.05, 0.1) is 9.35 Å². The first-order chi connectivity index (χ1) is 8.69. The summed E-state index contributed by atoms with van der Waals surface area (Å²) in [4.78, 5) is 11.8. The van der Waals surface area contributed by atoms with E-state index in [0.29, 0.717) is 18.7 Å². The fourth-order valence-corrected chi connectivity index (χ4v) is 2.64. The number of benzene rings is 1. The molecule has 0 aliphatic carbocycles. The molecule has 94 valence electrons. The molecule has 2 rings (SSSR count). The standard InChI is InChI=1S/C13H13BrN2OS/c14-12-5-11(8-18-12)13(17)16-7-10-3-1-9(6-15)2-4-10/h1-5,8H,6-7,15H2,(H,16,17). The molecule has 0 radical (unpaired) electrons. The van der Waals surface area contributed by atoms with Crippen molar-refractivity contribution in [3.05, 3.63) is 56.2 Å². The quantitative estimate of drug-likeness (QED) is 0.908. The van der Waals surface area contributed by atoms with Crippen LogP contribution in [0.4, 0.5) is 0 Å². The largest absolute Gasteiger partial charge is 0.348 e. The number of carbonyl (C=O) groups excluding carboxylic acids is 1. The Morgan fingerprint density at radius 3 is 2.50 bits per heavy atom. The lowest BCUT2D eigenvalue weighted by molar-refractivity contribution is 0.0951. The van der Waals surface area contributed by atoms with E-state index in [1.807, 2.05) is 35.7 Å². The number of nitrogens with one attached hydrogen (secondary N) is 1. The second-order valence-corrected chi connectivity index (χ2v) is 6.13. The first kappa shape index (κ1) is 13.3. The van der Waals surface area contributed by atoms with Crippen molar-refractivity contribution >= 4 is 33.2 Å². The van der Waals surface area contributed by atoms with Gasteiger partial charge in [-0.15, -0.1) is 11.3 Å². The highest BCUT2D eigenvalue weighted by Gasteiger charge is 2.07. The molecule has 0 aliphatic rings. The number of rotatable bonds is 4. The van der Waals surface area contributed by atoms with Crippen LogP contribution < -0.4 is 11.1 Å². The molecule has 1 amide bonds. The summed E-state index contributed by atoms with van der Waals surface area (Å²) in [5.74, 6) is -0.0557. The summed E-state index contributed by atoms with van der Waals surface area (Å²) in [7, 11) is 0. The smallest absolute Gasteiger partial charge is 0.252 e. The number of carbonyl (C=O) groups is 1. The van der Waals surface area contributed by atoms with Crippen molar-refractivity contribution in [2.75, 3.05) is 0 Å². The predicted octanol–water partition coefficient (Wildman–Crippen LogP) is 2.90. The van der Waals surface area contributed by atoms with E-state index in [0.717, 1.165) is 14.9 Å². The molecule has 0 bridgehead atoms. The lowest BCUT2D eigenvalue weighted by Gasteiger charge is -2.05. The van der Waals surface area contributed by atoms with Gasteiger partial charge in [0, 0.05) is 18.5 Å². The second-order valence-electron chi connectivity index (χ2n) is 3.84. The van der Waals surface area contributed by atoms with E-state index in [2.05, 4.69) is 21.2 Å². The Kier molecular flexibility index (Phi) is 4.52. The molecule has 3 N–H and O–H groups in total. The molecule has 0 aliphatic heterocycles. The molecular weight excluding hydrogens is 312 g/mol. The molecule has 1 aromatic heterocycles. The number of hydrogen-bond donors (Lipinski definition) is 2. The Hall–Kier alpha value is -1.17. The SMILES string of the molecule is NCc1ccc(CNC(=O)c2csc(Br)c2)cc1. The van der Waals surface area contributed by atoms with Crippen LogP contribution in [0.5, 0.6) is 0 Å². The van der Waals surface area contributed by atoms with Gasteiger partial charge in [0.15, 0.2) is 0 Å². The zero-order valence-corrected chi connectivity index (χ0v) is 12.1. The van der Waals surface area contributed by atoms with Crippen molar-refractivity contribution in [3.63, 3.8) is 0 Å². The summed E-state index contributed by atoms with van der Waals surface area (Å²) >= 11 is 4.84. The maximum Gasteiger partial charge on any atom is 0.252 e. The van der Waals surface area contributed by atoms with Crippen LogP contribution >= 0.6 is 27.3 Å². The van der Waals surface area contributed by atoms with Gasteiger partial charge in [0.1, 0.15) is 0 Å². The minimum atomic E-state index is -0.0557. The summed E-state index contributed by atoms with van der Waals surface area (Å²) in [6, 6.07) is 9.72. The lowest BCUT2D eigenvalue weighted by atomic mass is 10.1. The molecule has 0 saturated heterocycles. The second kappa shape index (κ2) is 6.13. The van der Waals surface area contributed by atoms with Gasteiger partial charge in [-0.3, -0.25) is 4.79 Å². The molecule has 0 fully saturated rings. The van der Waals surface area contributed by atoms with Gasteiger partial charge in [-0.25, -0.2) is 0 Å². The number of amides is 1. The molecule has 2 aromatic rings. The molecule has 3 nitrogen and oxygen atoms in total. The van der Waals surface area contributed by atoms with Gasteiger partial charge in [-0.1, -0.05) is 24.3 Å². The molecule has 0 unspecified atom stereocenters. The average molecular weight is 325 g/mol. The zero-order chi connectivity index (χ0) is 13.0. The van der Waals surface area contributed by atoms with Crippen LogP contribution in [0.2, 0.25) is 0 Å². The van der Waals surface area contributed by atoms with Crippen LogP contribution in [-0.2, 0) is 13.1 Å². The van der Waals surface area contributed by atoms with Gasteiger partial charge in [0.2, 0.25) is 0 Å². The third-order valence-corrected chi connectivity index (χ3v) is 4.05. The monoisotopic (exact) mass is 324 g/mol. The summed E-state index contributed by atoms with van der Waals surface area (Å²) < 4.78 is 0.958. The average Bonchev–Trinajstić information content (AvgIpc) is 2.83. The summed E-state index contributed by atoms with van der Waals surface area (Å²) in [6.45, 7) is 1.06. The van der Waals surface area contributed by atoms with E-state index in [1.165, 1.54) is 11.3 Å². The Bertz CT molecular complexity index is 536. The van der Waals surface area contributed by atoms with Gasteiger partial charge in [-0.05, 0) is 33.1 Å². The summed E-state index contributed by atoms with van der Waals surface area (Å²) in [6.07, 6.45) is 0. The molecule has 5 heteroatoms. The minimum absolute atomic E-state index is 0.0557. The lowest BCUT2D eigenvalue weighted by Crippen LogP contribution is -2.22. The third-order valence-electron chi connectivity index (χ3n) is 2.54. The van der Waals surface area contributed by atoms with E-state index in [1.54, 1.807) is 0 Å². The molecule has 1 aromatic carbocycles. The van der Waals surface area contributed by atoms with Gasteiger partial charge in [0.25, 0.3) is 5.91 Å². The minimum Gasteiger partial charge on any atom is -0.348 e. The highest BCUT2D eigenvalue weighted by Crippen LogP contribution is 2.20. The highest BCUT2D eigenvalue weighted by molar-refractivity contribution is 9.11. The molecule has 0 atom stereocenters. The van der Waals surface area contributed by atoms with Crippen molar-refractivity contribution in [2.24, 2.45) is 5.73 Å². The third kappa shape index (κ3) is 3.41. The topological polar surface area (TPSA) is 55.1 Å². The fourth-order valence-electron chi connectivity index (χ4n) is 1.51. The van der Waals surface area contributed by atoms with E-state index in [-0.39, 0.29) is 5.91 Å². The summed E-state index contributed by atoms with van der Waals surface area (Å²) in [5, 5.41) is 4.71. The van der Waals surface area contributed by atoms with E-state index >= 15 is 0 Å². The Labute approximate surface area is 118 Å².